The second-order valence-corrected chi connectivity index (χ2v) is 8.51. The van der Waals surface area contributed by atoms with Gasteiger partial charge in [0.25, 0.3) is 0 Å². The molecule has 132 valence electrons. The predicted molar refractivity (Wildman–Crippen MR) is 91.7 cm³/mol. The molecule has 0 aliphatic rings. The fraction of sp³-hybridized carbons (Fsp3) is 0.429. The maximum atomic E-state index is 12.4. The van der Waals surface area contributed by atoms with Gasteiger partial charge in [0.15, 0.2) is 5.75 Å². The van der Waals surface area contributed by atoms with Gasteiger partial charge < -0.3 is 9.84 Å². The summed E-state index contributed by atoms with van der Waals surface area (Å²) in [5.41, 5.74) is 0. The lowest BCUT2D eigenvalue weighted by Crippen LogP contribution is -2.27. The number of nitrogens with zero attached hydrogens (tertiary/aromatic N) is 2. The van der Waals surface area contributed by atoms with Gasteiger partial charge >= 0.3 is 0 Å². The van der Waals surface area contributed by atoms with Crippen LogP contribution in [0.3, 0.4) is 0 Å². The molecule has 2 aromatic rings. The third-order valence-corrected chi connectivity index (χ3v) is 5.92. The van der Waals surface area contributed by atoms with Crippen molar-refractivity contribution in [3.63, 3.8) is 0 Å². The summed E-state index contributed by atoms with van der Waals surface area (Å²) in [6.07, 6.45) is 0.0686. The summed E-state index contributed by atoms with van der Waals surface area (Å²) < 4.78 is 32.7. The van der Waals surface area contributed by atoms with Crippen molar-refractivity contribution in [2.75, 3.05) is 0 Å². The Labute approximate surface area is 149 Å². The molecule has 24 heavy (non-hydrogen) atoms. The van der Waals surface area contributed by atoms with Gasteiger partial charge in [-0.3, -0.25) is 0 Å². The van der Waals surface area contributed by atoms with Crippen LogP contribution in [-0.4, -0.2) is 29.8 Å². The number of phenols is 1. The van der Waals surface area contributed by atoms with Crippen molar-refractivity contribution >= 4 is 33.0 Å². The molecule has 1 atom stereocenters. The van der Waals surface area contributed by atoms with Gasteiger partial charge in [-0.2, -0.15) is 0 Å². The molecule has 10 heteroatoms. The van der Waals surface area contributed by atoms with Crippen molar-refractivity contribution in [1.29, 1.82) is 0 Å². The monoisotopic (exact) mass is 391 g/mol. The van der Waals surface area contributed by atoms with Crippen LogP contribution in [0.25, 0.3) is 0 Å². The Morgan fingerprint density at radius 2 is 2.04 bits per heavy atom. The summed E-state index contributed by atoms with van der Waals surface area (Å²) in [7, 11) is -3.95. The van der Waals surface area contributed by atoms with Crippen molar-refractivity contribution in [2.24, 2.45) is 0 Å². The minimum Gasteiger partial charge on any atom is -0.505 e. The zero-order valence-electron chi connectivity index (χ0n) is 13.4. The van der Waals surface area contributed by atoms with E-state index in [-0.39, 0.29) is 16.0 Å². The van der Waals surface area contributed by atoms with Gasteiger partial charge in [0.1, 0.15) is 21.5 Å². The lowest BCUT2D eigenvalue weighted by molar-refractivity contribution is 0.0652. The van der Waals surface area contributed by atoms with E-state index in [1.54, 1.807) is 6.92 Å². The third-order valence-electron chi connectivity index (χ3n) is 2.96. The molecule has 1 heterocycles. The number of benzene rings is 1. The van der Waals surface area contributed by atoms with E-state index in [2.05, 4.69) is 14.9 Å². The van der Waals surface area contributed by atoms with Crippen LogP contribution in [0.5, 0.6) is 5.75 Å². The Morgan fingerprint density at radius 3 is 2.71 bits per heavy atom. The minimum atomic E-state index is -3.95. The Hall–Kier alpha value is -1.26. The van der Waals surface area contributed by atoms with E-state index in [0.29, 0.717) is 16.6 Å². The predicted octanol–water partition coefficient (Wildman–Crippen LogP) is 2.86. The molecular formula is C14H18ClN3O4S2. The molecule has 7 nitrogen and oxygen atoms in total. The van der Waals surface area contributed by atoms with Crippen LogP contribution in [0, 0.1) is 0 Å². The summed E-state index contributed by atoms with van der Waals surface area (Å²) in [4.78, 5) is -0.283. The molecule has 2 rings (SSSR count). The lowest BCUT2D eigenvalue weighted by Gasteiger charge is -2.12. The van der Waals surface area contributed by atoms with Crippen LogP contribution in [0.1, 0.15) is 36.8 Å². The van der Waals surface area contributed by atoms with Crippen molar-refractivity contribution in [2.45, 2.75) is 44.4 Å². The number of rotatable bonds is 7. The van der Waals surface area contributed by atoms with E-state index < -0.39 is 21.8 Å². The average Bonchev–Trinajstić information content (AvgIpc) is 2.96. The van der Waals surface area contributed by atoms with Crippen molar-refractivity contribution in [3.05, 3.63) is 33.2 Å². The summed E-state index contributed by atoms with van der Waals surface area (Å²) in [6, 6.07) is 3.52. The largest absolute Gasteiger partial charge is 0.505 e. The molecular weight excluding hydrogens is 374 g/mol. The Balaban J connectivity index is 2.13. The molecule has 1 aromatic heterocycles. The highest BCUT2D eigenvalue weighted by Gasteiger charge is 2.24. The van der Waals surface area contributed by atoms with Crippen LogP contribution in [0.15, 0.2) is 23.1 Å². The first-order chi connectivity index (χ1) is 11.2. The number of hydrogen-bond acceptors (Lipinski definition) is 7. The molecule has 0 spiro atoms. The fourth-order valence-electron chi connectivity index (χ4n) is 1.80. The Kier molecular flexibility index (Phi) is 6.16. The highest BCUT2D eigenvalue weighted by molar-refractivity contribution is 7.89. The number of sulfonamides is 1. The summed E-state index contributed by atoms with van der Waals surface area (Å²) >= 11 is 7.02. The van der Waals surface area contributed by atoms with E-state index in [4.69, 9.17) is 16.3 Å². The number of nitrogens with one attached hydrogen (secondary N) is 1. The fourth-order valence-corrected chi connectivity index (χ4v) is 4.20. The number of halogens is 1. The van der Waals surface area contributed by atoms with E-state index in [0.717, 1.165) is 0 Å². The second kappa shape index (κ2) is 7.75. The number of phenolic OH excluding ortho intramolecular Hbond substituents is 1. The number of para-hydroxylation sites is 1. The van der Waals surface area contributed by atoms with Gasteiger partial charge in [0.05, 0.1) is 17.2 Å². The van der Waals surface area contributed by atoms with E-state index in [9.17, 15) is 13.5 Å². The molecule has 0 aliphatic carbocycles. The zero-order valence-corrected chi connectivity index (χ0v) is 15.7. The number of aromatic hydroxyl groups is 1. The van der Waals surface area contributed by atoms with Gasteiger partial charge in [-0.15, -0.1) is 10.2 Å². The maximum absolute atomic E-state index is 12.4. The van der Waals surface area contributed by atoms with Crippen molar-refractivity contribution < 1.29 is 18.3 Å². The van der Waals surface area contributed by atoms with Crippen molar-refractivity contribution in [3.8, 4) is 5.75 Å². The SMILES string of the molecule is CC(C)OCc1nnc(C(C)NS(=O)(=O)c2cccc(Cl)c2O)s1. The van der Waals surface area contributed by atoms with Crippen LogP contribution in [0.2, 0.25) is 5.02 Å². The summed E-state index contributed by atoms with van der Waals surface area (Å²) in [5.74, 6) is -0.484. The van der Waals surface area contributed by atoms with Gasteiger partial charge in [0, 0.05) is 0 Å². The molecule has 2 N–H and O–H groups in total. The first-order valence-corrected chi connectivity index (χ1v) is 9.82. The number of aromatic nitrogens is 2. The first kappa shape index (κ1) is 19.1. The molecule has 0 bridgehead atoms. The number of hydrogen-bond donors (Lipinski definition) is 2. The molecule has 0 aliphatic heterocycles. The molecule has 0 saturated heterocycles. The highest BCUT2D eigenvalue weighted by atomic mass is 35.5. The maximum Gasteiger partial charge on any atom is 0.244 e. The quantitative estimate of drug-likeness (QED) is 0.752. The molecule has 0 amide bonds. The smallest absolute Gasteiger partial charge is 0.244 e. The van der Waals surface area contributed by atoms with Crippen LogP contribution >= 0.6 is 22.9 Å². The molecule has 0 fully saturated rings. The van der Waals surface area contributed by atoms with Crippen LogP contribution < -0.4 is 4.72 Å². The van der Waals surface area contributed by atoms with Gasteiger partial charge in [-0.1, -0.05) is 29.0 Å². The topological polar surface area (TPSA) is 101 Å². The first-order valence-electron chi connectivity index (χ1n) is 7.14. The summed E-state index contributed by atoms with van der Waals surface area (Å²) in [5, 5.41) is 18.9. The van der Waals surface area contributed by atoms with Crippen LogP contribution in [0.4, 0.5) is 0 Å². The van der Waals surface area contributed by atoms with Gasteiger partial charge in [0.2, 0.25) is 10.0 Å². The highest BCUT2D eigenvalue weighted by Crippen LogP contribution is 2.31. The minimum absolute atomic E-state index is 0.0328. The standard InChI is InChI=1S/C14H18ClN3O4S2/c1-8(2)22-7-12-16-17-14(23-12)9(3)18-24(20,21)11-6-4-5-10(15)13(11)19/h4-6,8-9,18-19H,7H2,1-3H3. The Morgan fingerprint density at radius 1 is 1.33 bits per heavy atom. The zero-order chi connectivity index (χ0) is 17.9. The Bertz CT molecular complexity index is 808. The molecule has 0 radical (unpaired) electrons. The van der Waals surface area contributed by atoms with Gasteiger partial charge in [-0.05, 0) is 32.9 Å². The van der Waals surface area contributed by atoms with E-state index in [1.165, 1.54) is 29.5 Å². The normalized spacial score (nSPS) is 13.4. The van der Waals surface area contributed by atoms with E-state index >= 15 is 0 Å². The molecule has 0 saturated carbocycles. The summed E-state index contributed by atoms with van der Waals surface area (Å²) in [6.45, 7) is 5.79. The third kappa shape index (κ3) is 4.64. The molecule has 1 aromatic carbocycles. The number of ether oxygens (including phenoxy) is 1. The second-order valence-electron chi connectivity index (χ2n) is 5.32. The lowest BCUT2D eigenvalue weighted by atomic mass is 10.3. The van der Waals surface area contributed by atoms with Crippen LogP contribution in [-0.2, 0) is 21.4 Å². The van der Waals surface area contributed by atoms with Crippen molar-refractivity contribution in [1.82, 2.24) is 14.9 Å². The van der Waals surface area contributed by atoms with Gasteiger partial charge in [-0.25, -0.2) is 13.1 Å². The van der Waals surface area contributed by atoms with E-state index in [1.807, 2.05) is 13.8 Å². The molecule has 1 unspecified atom stereocenters. The average molecular weight is 392 g/mol.